The molecule has 4 aromatic rings. The van der Waals surface area contributed by atoms with Crippen molar-refractivity contribution in [1.82, 2.24) is 30.0 Å². The van der Waals surface area contributed by atoms with Crippen molar-refractivity contribution in [3.05, 3.63) is 76.8 Å². The summed E-state index contributed by atoms with van der Waals surface area (Å²) in [6, 6.07) is 7.81. The van der Waals surface area contributed by atoms with Crippen LogP contribution in [0.1, 0.15) is 41.0 Å². The van der Waals surface area contributed by atoms with Crippen LogP contribution in [0.4, 0.5) is 0 Å². The van der Waals surface area contributed by atoms with Crippen LogP contribution in [0.15, 0.2) is 54.4 Å². The summed E-state index contributed by atoms with van der Waals surface area (Å²) in [7, 11) is 0. The third-order valence-corrected chi connectivity index (χ3v) is 5.70. The van der Waals surface area contributed by atoms with E-state index in [1.807, 2.05) is 36.6 Å². The predicted molar refractivity (Wildman–Crippen MR) is 121 cm³/mol. The van der Waals surface area contributed by atoms with Crippen LogP contribution in [0.2, 0.25) is 0 Å². The molecule has 0 fully saturated rings. The van der Waals surface area contributed by atoms with E-state index in [1.165, 1.54) is 0 Å². The zero-order chi connectivity index (χ0) is 21.8. The number of rotatable bonds is 7. The van der Waals surface area contributed by atoms with Gasteiger partial charge < -0.3 is 5.32 Å². The first-order valence-corrected chi connectivity index (χ1v) is 11.0. The summed E-state index contributed by atoms with van der Waals surface area (Å²) in [5.41, 5.74) is 4.23. The second-order valence-electron chi connectivity index (χ2n) is 7.73. The van der Waals surface area contributed by atoms with Gasteiger partial charge in [-0.25, -0.2) is 14.6 Å². The highest BCUT2D eigenvalue weighted by molar-refractivity contribution is 7.13. The molecule has 0 atom stereocenters. The molecule has 4 heterocycles. The molecule has 0 saturated carbocycles. The molecule has 7 nitrogen and oxygen atoms in total. The molecule has 0 aromatic carbocycles. The van der Waals surface area contributed by atoms with Gasteiger partial charge in [0.2, 0.25) is 0 Å². The summed E-state index contributed by atoms with van der Waals surface area (Å²) < 4.78 is 1.69. The van der Waals surface area contributed by atoms with Crippen molar-refractivity contribution in [3.8, 4) is 16.5 Å². The van der Waals surface area contributed by atoms with Gasteiger partial charge in [-0.2, -0.15) is 5.10 Å². The molecule has 0 spiro atoms. The van der Waals surface area contributed by atoms with Crippen LogP contribution in [-0.4, -0.2) is 30.6 Å². The van der Waals surface area contributed by atoms with E-state index in [9.17, 15) is 4.79 Å². The molecule has 0 aliphatic heterocycles. The number of hydrogen-bond acceptors (Lipinski definition) is 6. The summed E-state index contributed by atoms with van der Waals surface area (Å²) in [6.45, 7) is 6.65. The lowest BCUT2D eigenvalue weighted by molar-refractivity contribution is 0.0949. The minimum absolute atomic E-state index is 0.163. The summed E-state index contributed by atoms with van der Waals surface area (Å²) in [5.74, 6) is 0.645. The Morgan fingerprint density at radius 2 is 2.00 bits per heavy atom. The van der Waals surface area contributed by atoms with Gasteiger partial charge in [0.05, 0.1) is 28.0 Å². The lowest BCUT2D eigenvalue weighted by Gasteiger charge is -2.12. The highest BCUT2D eigenvalue weighted by atomic mass is 32.1. The van der Waals surface area contributed by atoms with Gasteiger partial charge in [-0.15, -0.1) is 11.3 Å². The molecule has 0 unspecified atom stereocenters. The topological polar surface area (TPSA) is 85.6 Å². The van der Waals surface area contributed by atoms with Crippen LogP contribution in [0.25, 0.3) is 16.5 Å². The maximum absolute atomic E-state index is 13.0. The average molecular weight is 433 g/mol. The van der Waals surface area contributed by atoms with Gasteiger partial charge in [0.25, 0.3) is 11.9 Å². The van der Waals surface area contributed by atoms with Crippen LogP contribution in [0.5, 0.6) is 0 Å². The fraction of sp³-hybridized carbons (Fsp3) is 0.261. The Labute approximate surface area is 185 Å². The van der Waals surface area contributed by atoms with E-state index >= 15 is 0 Å². The fourth-order valence-electron chi connectivity index (χ4n) is 3.29. The molecular weight excluding hydrogens is 408 g/mol. The first-order valence-electron chi connectivity index (χ1n) is 10.1. The molecule has 158 valence electrons. The molecule has 1 N–H and O–H groups in total. The number of carbonyl (C=O) groups is 1. The number of nitrogens with zero attached hydrogens (tertiary/aromatic N) is 5. The standard InChI is InChI=1S/C23H24N6OS/c1-15(2)11-19-18(22(30)25-13-17-6-8-24-9-7-17)14-27-29(19)23-26-12-16(3)21(28-23)20-5-4-10-31-20/h4-10,12,14-15H,11,13H2,1-3H3,(H,25,30). The van der Waals surface area contributed by atoms with Crippen molar-refractivity contribution in [1.29, 1.82) is 0 Å². The van der Waals surface area contributed by atoms with Crippen molar-refractivity contribution in [2.24, 2.45) is 5.92 Å². The van der Waals surface area contributed by atoms with E-state index in [2.05, 4.69) is 34.2 Å². The van der Waals surface area contributed by atoms with Crippen molar-refractivity contribution in [2.75, 3.05) is 0 Å². The number of nitrogens with one attached hydrogen (secondary N) is 1. The van der Waals surface area contributed by atoms with Crippen molar-refractivity contribution >= 4 is 17.2 Å². The average Bonchev–Trinajstić information content (AvgIpc) is 3.43. The third-order valence-electron chi connectivity index (χ3n) is 4.82. The molecule has 0 aliphatic carbocycles. The van der Waals surface area contributed by atoms with E-state index < -0.39 is 0 Å². The summed E-state index contributed by atoms with van der Waals surface area (Å²) >= 11 is 1.64. The van der Waals surface area contributed by atoms with Gasteiger partial charge in [-0.05, 0) is 54.0 Å². The maximum Gasteiger partial charge on any atom is 0.255 e. The first-order chi connectivity index (χ1) is 15.0. The van der Waals surface area contributed by atoms with Crippen molar-refractivity contribution < 1.29 is 4.79 Å². The second-order valence-corrected chi connectivity index (χ2v) is 8.68. The Hall–Kier alpha value is -3.39. The number of thiophene rings is 1. The number of amides is 1. The van der Waals surface area contributed by atoms with Crippen molar-refractivity contribution in [2.45, 2.75) is 33.7 Å². The van der Waals surface area contributed by atoms with Gasteiger partial charge in [0, 0.05) is 25.1 Å². The Balaban J connectivity index is 1.67. The van der Waals surface area contributed by atoms with Gasteiger partial charge in [0.1, 0.15) is 0 Å². The van der Waals surface area contributed by atoms with Gasteiger partial charge in [-0.1, -0.05) is 19.9 Å². The van der Waals surface area contributed by atoms with E-state index in [4.69, 9.17) is 4.98 Å². The number of carbonyl (C=O) groups excluding carboxylic acids is 1. The highest BCUT2D eigenvalue weighted by Gasteiger charge is 2.21. The SMILES string of the molecule is Cc1cnc(-n2ncc(C(=O)NCc3ccncc3)c2CC(C)C)nc1-c1cccs1. The summed E-state index contributed by atoms with van der Waals surface area (Å²) in [4.78, 5) is 27.3. The first kappa shape index (κ1) is 20.9. The molecule has 4 aromatic heterocycles. The van der Waals surface area contributed by atoms with E-state index in [1.54, 1.807) is 40.8 Å². The Kier molecular flexibility index (Phi) is 6.18. The molecule has 0 radical (unpaired) electrons. The van der Waals surface area contributed by atoms with Crippen LogP contribution >= 0.6 is 11.3 Å². The third kappa shape index (κ3) is 4.69. The van der Waals surface area contributed by atoms with Crippen LogP contribution in [-0.2, 0) is 13.0 Å². The van der Waals surface area contributed by atoms with Crippen LogP contribution in [0.3, 0.4) is 0 Å². The highest BCUT2D eigenvalue weighted by Crippen LogP contribution is 2.26. The normalized spacial score (nSPS) is 11.1. The number of pyridine rings is 1. The second kappa shape index (κ2) is 9.18. The number of aryl methyl sites for hydroxylation is 1. The fourth-order valence-corrected chi connectivity index (χ4v) is 4.07. The van der Waals surface area contributed by atoms with Crippen LogP contribution < -0.4 is 5.32 Å². The Bertz CT molecular complexity index is 1170. The molecule has 0 aliphatic rings. The zero-order valence-corrected chi connectivity index (χ0v) is 18.6. The summed E-state index contributed by atoms with van der Waals surface area (Å²) in [6.07, 6.45) is 7.52. The molecule has 1 amide bonds. The van der Waals surface area contributed by atoms with Gasteiger partial charge in [-0.3, -0.25) is 9.78 Å². The van der Waals surface area contributed by atoms with Gasteiger partial charge >= 0.3 is 0 Å². The molecular formula is C23H24N6OS. The molecule has 0 bridgehead atoms. The largest absolute Gasteiger partial charge is 0.348 e. The smallest absolute Gasteiger partial charge is 0.255 e. The lowest BCUT2D eigenvalue weighted by Crippen LogP contribution is -2.24. The van der Waals surface area contributed by atoms with Gasteiger partial charge in [0.15, 0.2) is 0 Å². The summed E-state index contributed by atoms with van der Waals surface area (Å²) in [5, 5.41) is 9.50. The number of hydrogen-bond donors (Lipinski definition) is 1. The van der Waals surface area contributed by atoms with Crippen LogP contribution in [0, 0.1) is 12.8 Å². The molecule has 8 heteroatoms. The predicted octanol–water partition coefficient (Wildman–Crippen LogP) is 4.22. The zero-order valence-electron chi connectivity index (χ0n) is 17.7. The Morgan fingerprint density at radius 3 is 2.71 bits per heavy atom. The van der Waals surface area contributed by atoms with Crippen molar-refractivity contribution in [3.63, 3.8) is 0 Å². The lowest BCUT2D eigenvalue weighted by atomic mass is 10.0. The van der Waals surface area contributed by atoms with E-state index in [0.717, 1.165) is 27.4 Å². The quantitative estimate of drug-likeness (QED) is 0.472. The monoisotopic (exact) mass is 432 g/mol. The molecule has 4 rings (SSSR count). The number of aromatic nitrogens is 5. The van der Waals surface area contributed by atoms with E-state index in [0.29, 0.717) is 30.4 Å². The minimum Gasteiger partial charge on any atom is -0.348 e. The molecule has 31 heavy (non-hydrogen) atoms. The van der Waals surface area contributed by atoms with E-state index in [-0.39, 0.29) is 5.91 Å². The Morgan fingerprint density at radius 1 is 1.19 bits per heavy atom. The molecule has 0 saturated heterocycles. The maximum atomic E-state index is 13.0. The minimum atomic E-state index is -0.163.